The van der Waals surface area contributed by atoms with Gasteiger partial charge in [0.25, 0.3) is 0 Å². The maximum Gasteiger partial charge on any atom is 0.341 e. The van der Waals surface area contributed by atoms with Crippen LogP contribution in [0.3, 0.4) is 0 Å². The van der Waals surface area contributed by atoms with E-state index in [0.717, 1.165) is 29.8 Å². The van der Waals surface area contributed by atoms with Crippen molar-refractivity contribution < 1.29 is 9.53 Å². The summed E-state index contributed by atoms with van der Waals surface area (Å²) in [7, 11) is 1.38. The minimum atomic E-state index is -0.366. The van der Waals surface area contributed by atoms with Crippen LogP contribution >= 0.6 is 34.5 Å². The number of halogens is 2. The van der Waals surface area contributed by atoms with Crippen LogP contribution in [0.4, 0.5) is 0 Å². The monoisotopic (exact) mass is 393 g/mol. The molecule has 0 saturated heterocycles. The molecule has 0 aliphatic heterocycles. The first kappa shape index (κ1) is 16.6. The number of carbonyl (C=O) groups is 1. The summed E-state index contributed by atoms with van der Waals surface area (Å²) in [5, 5.41) is 8.01. The molecule has 5 nitrogen and oxygen atoms in total. The lowest BCUT2D eigenvalue weighted by Gasteiger charge is -2.05. The number of hydrogen-bond acceptors (Lipinski definition) is 5. The van der Waals surface area contributed by atoms with Gasteiger partial charge in [-0.3, -0.25) is 0 Å². The second kappa shape index (κ2) is 6.44. The highest BCUT2D eigenvalue weighted by molar-refractivity contribution is 7.12. The SMILES string of the molecule is COC(=O)c1cnn(-c2nc(-c3ccc(Cl)c(Cl)c3)cs2)c1C1CC1. The van der Waals surface area contributed by atoms with Crippen molar-refractivity contribution in [1.29, 1.82) is 0 Å². The fourth-order valence-electron chi connectivity index (χ4n) is 2.68. The molecule has 2 heterocycles. The molecule has 2 aromatic heterocycles. The molecule has 1 aliphatic rings. The molecule has 8 heteroatoms. The number of hydrogen-bond donors (Lipinski definition) is 0. The Kier molecular flexibility index (Phi) is 4.27. The smallest absolute Gasteiger partial charge is 0.341 e. The molecule has 25 heavy (non-hydrogen) atoms. The first-order valence-electron chi connectivity index (χ1n) is 7.66. The molecular formula is C17H13Cl2N3O2S. The molecule has 0 N–H and O–H groups in total. The quantitative estimate of drug-likeness (QED) is 0.587. The third-order valence-electron chi connectivity index (χ3n) is 4.06. The number of carbonyl (C=O) groups excluding carboxylic acids is 1. The van der Waals surface area contributed by atoms with Crippen molar-refractivity contribution in [3.63, 3.8) is 0 Å². The molecule has 3 aromatic rings. The number of ether oxygens (including phenoxy) is 1. The van der Waals surface area contributed by atoms with Crippen molar-refractivity contribution >= 4 is 40.5 Å². The Hall–Kier alpha value is -1.89. The van der Waals surface area contributed by atoms with Gasteiger partial charge in [-0.25, -0.2) is 14.5 Å². The topological polar surface area (TPSA) is 57.0 Å². The molecule has 0 spiro atoms. The van der Waals surface area contributed by atoms with Gasteiger partial charge in [0.2, 0.25) is 5.13 Å². The predicted molar refractivity (Wildman–Crippen MR) is 98.0 cm³/mol. The summed E-state index contributed by atoms with van der Waals surface area (Å²) in [5.74, 6) is -0.0386. The third kappa shape index (κ3) is 3.05. The van der Waals surface area contributed by atoms with Crippen molar-refractivity contribution in [2.75, 3.05) is 7.11 Å². The molecule has 1 saturated carbocycles. The van der Waals surface area contributed by atoms with Crippen LogP contribution in [0, 0.1) is 0 Å². The van der Waals surface area contributed by atoms with Crippen molar-refractivity contribution in [3.8, 4) is 16.4 Å². The number of nitrogens with zero attached hydrogens (tertiary/aromatic N) is 3. The first-order valence-corrected chi connectivity index (χ1v) is 9.29. The molecule has 128 valence electrons. The number of esters is 1. The van der Waals surface area contributed by atoms with Gasteiger partial charge in [0.1, 0.15) is 5.56 Å². The van der Waals surface area contributed by atoms with Gasteiger partial charge in [0.05, 0.1) is 34.7 Å². The van der Waals surface area contributed by atoms with Gasteiger partial charge in [-0.2, -0.15) is 5.10 Å². The van der Waals surface area contributed by atoms with Crippen molar-refractivity contribution in [2.45, 2.75) is 18.8 Å². The highest BCUT2D eigenvalue weighted by atomic mass is 35.5. The summed E-state index contributed by atoms with van der Waals surface area (Å²) < 4.78 is 6.61. The van der Waals surface area contributed by atoms with Gasteiger partial charge in [0.15, 0.2) is 0 Å². The number of rotatable bonds is 4. The van der Waals surface area contributed by atoms with E-state index in [0.29, 0.717) is 26.7 Å². The number of methoxy groups -OCH3 is 1. The second-order valence-electron chi connectivity index (χ2n) is 5.77. The Morgan fingerprint density at radius 2 is 2.12 bits per heavy atom. The van der Waals surface area contributed by atoms with Crippen LogP contribution in [0.2, 0.25) is 10.0 Å². The molecule has 0 atom stereocenters. The average molecular weight is 394 g/mol. The van der Waals surface area contributed by atoms with E-state index in [4.69, 9.17) is 27.9 Å². The Balaban J connectivity index is 1.74. The predicted octanol–water partition coefficient (Wildman–Crippen LogP) is 4.97. The van der Waals surface area contributed by atoms with E-state index < -0.39 is 0 Å². The summed E-state index contributed by atoms with van der Waals surface area (Å²) >= 11 is 13.5. The van der Waals surface area contributed by atoms with Crippen LogP contribution < -0.4 is 0 Å². The Bertz CT molecular complexity index is 963. The van der Waals surface area contributed by atoms with Crippen molar-refractivity contribution in [2.24, 2.45) is 0 Å². The minimum Gasteiger partial charge on any atom is -0.465 e. The molecule has 0 amide bonds. The minimum absolute atomic E-state index is 0.328. The molecule has 0 bridgehead atoms. The number of benzene rings is 1. The zero-order valence-electron chi connectivity index (χ0n) is 13.2. The summed E-state index contributed by atoms with van der Waals surface area (Å²) in [6.45, 7) is 0. The van der Waals surface area contributed by atoms with Gasteiger partial charge in [0, 0.05) is 16.9 Å². The summed E-state index contributed by atoms with van der Waals surface area (Å²) in [6.07, 6.45) is 3.64. The van der Waals surface area contributed by atoms with Gasteiger partial charge in [-0.05, 0) is 25.0 Å². The van der Waals surface area contributed by atoms with Gasteiger partial charge < -0.3 is 4.74 Å². The van der Waals surface area contributed by atoms with E-state index in [1.165, 1.54) is 18.4 Å². The third-order valence-corrected chi connectivity index (χ3v) is 5.62. The second-order valence-corrected chi connectivity index (χ2v) is 7.42. The van der Waals surface area contributed by atoms with E-state index in [2.05, 4.69) is 10.1 Å². The van der Waals surface area contributed by atoms with Crippen molar-refractivity contribution in [3.05, 3.63) is 51.1 Å². The summed E-state index contributed by atoms with van der Waals surface area (Å²) in [4.78, 5) is 16.6. The Labute approximate surface area is 158 Å². The normalized spacial score (nSPS) is 13.9. The standard InChI is InChI=1S/C17H13Cl2N3O2S/c1-24-16(23)11-7-20-22(15(11)9-2-3-9)17-21-14(8-25-17)10-4-5-12(18)13(19)6-10/h4-9H,2-3H2,1H3. The van der Waals surface area contributed by atoms with Crippen LogP contribution in [0.25, 0.3) is 16.4 Å². The number of thiazole rings is 1. The molecular weight excluding hydrogens is 381 g/mol. The lowest BCUT2D eigenvalue weighted by Crippen LogP contribution is -2.07. The highest BCUT2D eigenvalue weighted by Crippen LogP contribution is 2.43. The lowest BCUT2D eigenvalue weighted by atomic mass is 10.2. The van der Waals surface area contributed by atoms with Crippen LogP contribution in [0.1, 0.15) is 34.8 Å². The Morgan fingerprint density at radius 1 is 1.32 bits per heavy atom. The molecule has 0 unspecified atom stereocenters. The largest absolute Gasteiger partial charge is 0.465 e. The van der Waals surface area contributed by atoms with E-state index >= 15 is 0 Å². The van der Waals surface area contributed by atoms with Crippen molar-refractivity contribution in [1.82, 2.24) is 14.8 Å². The number of aromatic nitrogens is 3. The fourth-order valence-corrected chi connectivity index (χ4v) is 3.78. The van der Waals surface area contributed by atoms with Gasteiger partial charge >= 0.3 is 5.97 Å². The summed E-state index contributed by atoms with van der Waals surface area (Å²) in [5.41, 5.74) is 3.05. The summed E-state index contributed by atoms with van der Waals surface area (Å²) in [6, 6.07) is 5.41. The average Bonchev–Trinajstić information content (AvgIpc) is 3.17. The van der Waals surface area contributed by atoms with Gasteiger partial charge in [-0.1, -0.05) is 29.3 Å². The highest BCUT2D eigenvalue weighted by Gasteiger charge is 2.34. The fraction of sp³-hybridized carbons (Fsp3) is 0.235. The zero-order chi connectivity index (χ0) is 17.6. The van der Waals surface area contributed by atoms with E-state index in [1.807, 2.05) is 11.4 Å². The Morgan fingerprint density at radius 3 is 2.80 bits per heavy atom. The lowest BCUT2D eigenvalue weighted by molar-refractivity contribution is 0.0599. The van der Waals surface area contributed by atoms with Crippen LogP contribution in [-0.4, -0.2) is 27.8 Å². The molecule has 1 aromatic carbocycles. The van der Waals surface area contributed by atoms with Gasteiger partial charge in [-0.15, -0.1) is 11.3 Å². The maximum atomic E-state index is 12.0. The van der Waals surface area contributed by atoms with Crippen LogP contribution in [0.5, 0.6) is 0 Å². The first-order chi connectivity index (χ1) is 12.1. The van der Waals surface area contributed by atoms with Crippen LogP contribution in [-0.2, 0) is 4.74 Å². The van der Waals surface area contributed by atoms with E-state index in [1.54, 1.807) is 23.0 Å². The zero-order valence-corrected chi connectivity index (χ0v) is 15.5. The molecule has 0 radical (unpaired) electrons. The maximum absolute atomic E-state index is 12.0. The van der Waals surface area contributed by atoms with E-state index in [-0.39, 0.29) is 5.97 Å². The van der Waals surface area contributed by atoms with Crippen LogP contribution in [0.15, 0.2) is 29.8 Å². The van der Waals surface area contributed by atoms with E-state index in [9.17, 15) is 4.79 Å². The molecule has 1 fully saturated rings. The molecule has 1 aliphatic carbocycles. The molecule has 4 rings (SSSR count).